The van der Waals surface area contributed by atoms with Crippen LogP contribution in [0.25, 0.3) is 0 Å². The maximum atomic E-state index is 13.7. The van der Waals surface area contributed by atoms with Crippen LogP contribution in [-0.4, -0.2) is 21.0 Å². The van der Waals surface area contributed by atoms with Crippen molar-refractivity contribution in [1.29, 1.82) is 0 Å². The molecule has 0 radical (unpaired) electrons. The number of carbonyl (C=O) groups is 1. The van der Waals surface area contributed by atoms with Crippen molar-refractivity contribution in [2.24, 2.45) is 7.05 Å². The lowest BCUT2D eigenvalue weighted by atomic mass is 10.0. The van der Waals surface area contributed by atoms with Crippen LogP contribution in [0.15, 0.2) is 65.8 Å². The summed E-state index contributed by atoms with van der Waals surface area (Å²) in [5, 5.41) is 2.77. The lowest BCUT2D eigenvalue weighted by molar-refractivity contribution is -0.0328. The highest BCUT2D eigenvalue weighted by molar-refractivity contribution is 8.00. The number of alkyl halides is 3. The van der Waals surface area contributed by atoms with Crippen molar-refractivity contribution in [2.45, 2.75) is 16.4 Å². The van der Waals surface area contributed by atoms with E-state index in [0.29, 0.717) is 11.4 Å². The predicted octanol–water partition coefficient (Wildman–Crippen LogP) is 4.69. The zero-order valence-corrected chi connectivity index (χ0v) is 15.4. The number of aryl methyl sites for hydroxylation is 1. The summed E-state index contributed by atoms with van der Waals surface area (Å²) >= 11 is -0.253. The first-order valence-electron chi connectivity index (χ1n) is 8.12. The van der Waals surface area contributed by atoms with Crippen molar-refractivity contribution in [3.05, 3.63) is 83.7 Å². The topological polar surface area (TPSA) is 46.9 Å². The number of imidazole rings is 1. The van der Waals surface area contributed by atoms with Crippen LogP contribution in [-0.2, 0) is 7.05 Å². The molecule has 4 nitrogen and oxygen atoms in total. The second kappa shape index (κ2) is 8.05. The Bertz CT molecular complexity index is 970. The molecule has 1 atom stereocenters. The van der Waals surface area contributed by atoms with Gasteiger partial charge < -0.3 is 9.88 Å². The molecule has 0 aliphatic rings. The van der Waals surface area contributed by atoms with Crippen molar-refractivity contribution in [3.8, 4) is 0 Å². The van der Waals surface area contributed by atoms with Crippen LogP contribution in [0.1, 0.15) is 27.8 Å². The van der Waals surface area contributed by atoms with Crippen molar-refractivity contribution >= 4 is 17.7 Å². The molecule has 146 valence electrons. The number of carbonyl (C=O) groups excluding carboxylic acids is 1. The predicted molar refractivity (Wildman–Crippen MR) is 97.3 cm³/mol. The molecule has 0 aliphatic heterocycles. The van der Waals surface area contributed by atoms with Gasteiger partial charge in [0.15, 0.2) is 0 Å². The number of rotatable bonds is 5. The fraction of sp³-hybridized carbons (Fsp3) is 0.158. The van der Waals surface area contributed by atoms with Gasteiger partial charge in [-0.3, -0.25) is 4.79 Å². The van der Waals surface area contributed by atoms with Crippen molar-refractivity contribution in [1.82, 2.24) is 14.9 Å². The van der Waals surface area contributed by atoms with Crippen LogP contribution in [0, 0.1) is 5.82 Å². The normalized spacial score (nSPS) is 12.6. The van der Waals surface area contributed by atoms with Gasteiger partial charge in [0.25, 0.3) is 5.91 Å². The molecular formula is C19H15F4N3OS. The second-order valence-corrected chi connectivity index (χ2v) is 7.07. The number of halogens is 4. The summed E-state index contributed by atoms with van der Waals surface area (Å²) in [6, 6.07) is 10.1. The summed E-state index contributed by atoms with van der Waals surface area (Å²) in [5.74, 6) is -0.483. The van der Waals surface area contributed by atoms with Gasteiger partial charge in [-0.15, -0.1) is 0 Å². The fourth-order valence-corrected chi connectivity index (χ4v) is 3.20. The Balaban J connectivity index is 1.85. The Morgan fingerprint density at radius 1 is 1.18 bits per heavy atom. The third-order valence-electron chi connectivity index (χ3n) is 3.92. The van der Waals surface area contributed by atoms with Gasteiger partial charge in [0.2, 0.25) is 0 Å². The highest BCUT2D eigenvalue weighted by Crippen LogP contribution is 2.36. The van der Waals surface area contributed by atoms with E-state index < -0.39 is 23.3 Å². The molecule has 0 saturated carbocycles. The SMILES string of the molecule is Cn1ccnc1C(NC(=O)c1ccc(SC(F)(F)F)cc1)c1cccc(F)c1. The maximum absolute atomic E-state index is 13.7. The summed E-state index contributed by atoms with van der Waals surface area (Å²) in [6.07, 6.45) is 3.24. The maximum Gasteiger partial charge on any atom is 0.446 e. The minimum Gasteiger partial charge on any atom is -0.338 e. The number of aromatic nitrogens is 2. The molecule has 1 heterocycles. The third-order valence-corrected chi connectivity index (χ3v) is 4.66. The lowest BCUT2D eigenvalue weighted by Gasteiger charge is -2.19. The van der Waals surface area contributed by atoms with E-state index in [2.05, 4.69) is 10.3 Å². The van der Waals surface area contributed by atoms with E-state index in [0.717, 1.165) is 0 Å². The summed E-state index contributed by atoms with van der Waals surface area (Å²) in [7, 11) is 1.74. The molecule has 0 saturated heterocycles. The van der Waals surface area contributed by atoms with Gasteiger partial charge in [-0.2, -0.15) is 13.2 Å². The Morgan fingerprint density at radius 2 is 1.89 bits per heavy atom. The van der Waals surface area contributed by atoms with Crippen molar-refractivity contribution < 1.29 is 22.4 Å². The van der Waals surface area contributed by atoms with Crippen LogP contribution in [0.2, 0.25) is 0 Å². The summed E-state index contributed by atoms with van der Waals surface area (Å²) in [4.78, 5) is 16.8. The van der Waals surface area contributed by atoms with E-state index in [1.807, 2.05) is 0 Å². The summed E-state index contributed by atoms with van der Waals surface area (Å²) in [6.45, 7) is 0. The highest BCUT2D eigenvalue weighted by atomic mass is 32.2. The van der Waals surface area contributed by atoms with E-state index in [9.17, 15) is 22.4 Å². The van der Waals surface area contributed by atoms with Crippen molar-refractivity contribution in [3.63, 3.8) is 0 Å². The molecule has 0 aliphatic carbocycles. The summed E-state index contributed by atoms with van der Waals surface area (Å²) < 4.78 is 52.7. The molecule has 3 aromatic rings. The molecule has 1 aromatic heterocycles. The van der Waals surface area contributed by atoms with Crippen molar-refractivity contribution in [2.75, 3.05) is 0 Å². The monoisotopic (exact) mass is 409 g/mol. The second-order valence-electron chi connectivity index (χ2n) is 5.93. The molecule has 0 bridgehead atoms. The summed E-state index contributed by atoms with van der Waals surface area (Å²) in [5.41, 5.74) is -3.72. The molecule has 1 N–H and O–H groups in total. The number of nitrogens with zero attached hydrogens (tertiary/aromatic N) is 2. The van der Waals surface area contributed by atoms with E-state index in [-0.39, 0.29) is 22.2 Å². The smallest absolute Gasteiger partial charge is 0.338 e. The lowest BCUT2D eigenvalue weighted by Crippen LogP contribution is -2.31. The Hall–Kier alpha value is -2.81. The molecule has 3 rings (SSSR count). The zero-order valence-electron chi connectivity index (χ0n) is 14.6. The molecule has 9 heteroatoms. The van der Waals surface area contributed by atoms with Gasteiger partial charge in [0.1, 0.15) is 17.7 Å². The van der Waals surface area contributed by atoms with Crippen LogP contribution < -0.4 is 5.32 Å². The van der Waals surface area contributed by atoms with Gasteiger partial charge in [-0.05, 0) is 53.7 Å². The third kappa shape index (κ3) is 4.92. The minimum absolute atomic E-state index is 0.0187. The first-order valence-corrected chi connectivity index (χ1v) is 8.94. The fourth-order valence-electron chi connectivity index (χ4n) is 2.66. The van der Waals surface area contributed by atoms with Gasteiger partial charge in [-0.1, -0.05) is 12.1 Å². The van der Waals surface area contributed by atoms with Gasteiger partial charge in [0.05, 0.1) is 0 Å². The highest BCUT2D eigenvalue weighted by Gasteiger charge is 2.29. The van der Waals surface area contributed by atoms with E-state index in [1.54, 1.807) is 30.1 Å². The number of benzene rings is 2. The van der Waals surface area contributed by atoms with Crippen LogP contribution >= 0.6 is 11.8 Å². The number of hydrogen-bond donors (Lipinski definition) is 1. The number of hydrogen-bond acceptors (Lipinski definition) is 3. The van der Waals surface area contributed by atoms with Crippen LogP contribution in [0.3, 0.4) is 0 Å². The average molecular weight is 409 g/mol. The van der Waals surface area contributed by atoms with Gasteiger partial charge in [-0.25, -0.2) is 9.37 Å². The van der Waals surface area contributed by atoms with Crippen LogP contribution in [0.5, 0.6) is 0 Å². The Labute approximate surface area is 162 Å². The quantitative estimate of drug-likeness (QED) is 0.491. The first kappa shape index (κ1) is 19.9. The Kier molecular flexibility index (Phi) is 5.73. The average Bonchev–Trinajstić information content (AvgIpc) is 3.04. The van der Waals surface area contributed by atoms with E-state index in [4.69, 9.17) is 0 Å². The number of thioether (sulfide) groups is 1. The molecular weight excluding hydrogens is 394 g/mol. The van der Waals surface area contributed by atoms with Gasteiger partial charge >= 0.3 is 5.51 Å². The standard InChI is InChI=1S/C19H15F4N3OS/c1-26-10-9-24-17(26)16(13-3-2-4-14(20)11-13)25-18(27)12-5-7-15(8-6-12)28-19(21,22)23/h2-11,16H,1H3,(H,25,27). The zero-order chi connectivity index (χ0) is 20.3. The van der Waals surface area contributed by atoms with E-state index >= 15 is 0 Å². The largest absolute Gasteiger partial charge is 0.446 e. The minimum atomic E-state index is -4.40. The Morgan fingerprint density at radius 3 is 2.46 bits per heavy atom. The molecule has 28 heavy (non-hydrogen) atoms. The van der Waals surface area contributed by atoms with Gasteiger partial charge in [0, 0.05) is 29.9 Å². The van der Waals surface area contributed by atoms with E-state index in [1.165, 1.54) is 42.5 Å². The first-order chi connectivity index (χ1) is 13.2. The number of amides is 1. The molecule has 0 fully saturated rings. The molecule has 1 unspecified atom stereocenters. The molecule has 0 spiro atoms. The number of nitrogens with one attached hydrogen (secondary N) is 1. The molecule has 2 aromatic carbocycles. The molecule has 1 amide bonds. The van der Waals surface area contributed by atoms with Crippen LogP contribution in [0.4, 0.5) is 17.6 Å².